The molecule has 0 aliphatic carbocycles. The van der Waals surface area contributed by atoms with Gasteiger partial charge in [0.05, 0.1) is 0 Å². The van der Waals surface area contributed by atoms with Crippen molar-refractivity contribution in [3.8, 4) is 0 Å². The van der Waals surface area contributed by atoms with E-state index in [9.17, 15) is 0 Å². The van der Waals surface area contributed by atoms with Gasteiger partial charge in [-0.05, 0) is 72.5 Å². The minimum Gasteiger partial charge on any atom is -0.486 e. The summed E-state index contributed by atoms with van der Waals surface area (Å²) in [4.78, 5) is 0. The molecular formula is C93H180O4S4. The van der Waals surface area contributed by atoms with Crippen LogP contribution in [-0.2, 0) is 18.9 Å². The summed E-state index contributed by atoms with van der Waals surface area (Å²) in [5.41, 5.74) is -0.718. The van der Waals surface area contributed by atoms with Crippen molar-refractivity contribution < 1.29 is 18.9 Å². The van der Waals surface area contributed by atoms with E-state index in [1.54, 1.807) is 0 Å². The second-order valence-corrected chi connectivity index (χ2v) is 35.6. The molecule has 0 saturated carbocycles. The highest BCUT2D eigenvalue weighted by Crippen LogP contribution is 2.29. The maximum atomic E-state index is 6.73. The zero-order valence-corrected chi connectivity index (χ0v) is 73.1. The fraction of sp³-hybridized carbons (Fsp3) is 0.957. The third-order valence-corrected chi connectivity index (χ3v) is 23.6. The molecule has 0 rings (SSSR count). The fourth-order valence-corrected chi connectivity index (χ4v) is 16.5. The van der Waals surface area contributed by atoms with Crippen molar-refractivity contribution in [3.63, 3.8) is 0 Å². The zero-order chi connectivity index (χ0) is 73.7. The normalized spacial score (nSPS) is 13.5. The molecule has 4 unspecified atom stereocenters. The summed E-state index contributed by atoms with van der Waals surface area (Å²) in [6.07, 6.45) is 96.9. The van der Waals surface area contributed by atoms with Gasteiger partial charge in [-0.1, -0.05) is 492 Å². The van der Waals surface area contributed by atoms with Crippen LogP contribution in [0.2, 0.25) is 0 Å². The van der Waals surface area contributed by atoms with Crippen LogP contribution < -0.4 is 0 Å². The van der Waals surface area contributed by atoms with E-state index in [-0.39, 0.29) is 0 Å². The van der Waals surface area contributed by atoms with Gasteiger partial charge in [0, 0.05) is 25.7 Å². The van der Waals surface area contributed by atoms with Crippen molar-refractivity contribution in [1.82, 2.24) is 0 Å². The molecule has 0 N–H and O–H groups in total. The molecule has 0 aromatic heterocycles. The predicted octanol–water partition coefficient (Wildman–Crippen LogP) is 34.1. The zero-order valence-electron chi connectivity index (χ0n) is 69.8. The molecular weight excluding hydrogens is 1310 g/mol. The lowest BCUT2D eigenvalue weighted by Crippen LogP contribution is -2.43. The molecule has 600 valence electrons. The Balaban J connectivity index is 5.71. The van der Waals surface area contributed by atoms with Crippen LogP contribution in [0.4, 0.5) is 0 Å². The minimum atomic E-state index is -0.718. The third kappa shape index (κ3) is 76.1. The van der Waals surface area contributed by atoms with Crippen LogP contribution in [-0.4, -0.2) is 46.6 Å². The molecule has 0 aliphatic heterocycles. The molecule has 0 fully saturated rings. The molecule has 8 heteroatoms. The van der Waals surface area contributed by atoms with Crippen LogP contribution >= 0.6 is 48.9 Å². The fourth-order valence-electron chi connectivity index (χ4n) is 15.1. The van der Waals surface area contributed by atoms with Gasteiger partial charge in [-0.2, -0.15) is 0 Å². The Morgan fingerprint density at radius 1 is 0.188 bits per heavy atom. The third-order valence-electron chi connectivity index (χ3n) is 22.4. The average molecular weight is 1490 g/mol. The van der Waals surface area contributed by atoms with Gasteiger partial charge in [0.2, 0.25) is 0 Å². The molecule has 0 aromatic rings. The van der Waals surface area contributed by atoms with Crippen molar-refractivity contribution >= 4 is 69.1 Å². The van der Waals surface area contributed by atoms with Crippen LogP contribution in [0.25, 0.3) is 0 Å². The number of thiocarbonyl (C=S) groups is 4. The number of hydrogen-bond donors (Lipinski definition) is 0. The lowest BCUT2D eigenvalue weighted by Gasteiger charge is -2.34. The molecule has 101 heavy (non-hydrogen) atoms. The van der Waals surface area contributed by atoms with Gasteiger partial charge in [0.1, 0.15) is 31.8 Å². The molecule has 0 spiro atoms. The summed E-state index contributed by atoms with van der Waals surface area (Å²) in [7, 11) is 0. The molecule has 0 heterocycles. The topological polar surface area (TPSA) is 36.9 Å². The van der Waals surface area contributed by atoms with Crippen LogP contribution in [0.3, 0.4) is 0 Å². The van der Waals surface area contributed by atoms with Crippen LogP contribution in [0, 0.1) is 29.1 Å². The van der Waals surface area contributed by atoms with Gasteiger partial charge in [0.15, 0.2) is 20.2 Å². The lowest BCUT2D eigenvalue weighted by molar-refractivity contribution is -0.0171. The summed E-state index contributed by atoms with van der Waals surface area (Å²) in [5.74, 6) is 1.84. The van der Waals surface area contributed by atoms with E-state index in [0.29, 0.717) is 70.3 Å². The number of unbranched alkanes of at least 4 members (excludes halogenated alkanes) is 60. The summed E-state index contributed by atoms with van der Waals surface area (Å²) in [6.45, 7) is 19.9. The second-order valence-electron chi connectivity index (χ2n) is 33.7. The van der Waals surface area contributed by atoms with Gasteiger partial charge >= 0.3 is 0 Å². The number of ether oxygens (including phenoxy) is 4. The summed E-state index contributed by atoms with van der Waals surface area (Å²) >= 11 is 24.5. The van der Waals surface area contributed by atoms with Crippen molar-refractivity contribution in [2.45, 2.75) is 518 Å². The Morgan fingerprint density at radius 3 is 0.416 bits per heavy atom. The SMILES string of the molecule is CCCCCCCCCCCCCCCCCCC(C)CC(=S)OCC(COC(=S)CC(C)CCCCCCCCCCCCCCCCCC)(COC(=S)CC(C)CCCCCCCCCCCCCCCCCC)COC(=S)CC(C)CCCCCCCCCCCCCCCCCC. The van der Waals surface area contributed by atoms with E-state index in [1.165, 1.54) is 437 Å². The first-order valence-corrected chi connectivity index (χ1v) is 47.7. The van der Waals surface area contributed by atoms with E-state index in [1.807, 2.05) is 0 Å². The van der Waals surface area contributed by atoms with E-state index in [2.05, 4.69) is 55.4 Å². The Labute approximate surface area is 656 Å². The van der Waals surface area contributed by atoms with Crippen molar-refractivity contribution in [2.24, 2.45) is 29.1 Å². The smallest absolute Gasteiger partial charge is 0.159 e. The molecule has 0 radical (unpaired) electrons. The van der Waals surface area contributed by atoms with E-state index < -0.39 is 5.41 Å². The monoisotopic (exact) mass is 1490 g/mol. The van der Waals surface area contributed by atoms with Gasteiger partial charge in [-0.25, -0.2) is 0 Å². The first kappa shape index (κ1) is 101. The van der Waals surface area contributed by atoms with Gasteiger partial charge in [0.25, 0.3) is 0 Å². The number of rotatable bonds is 84. The Kier molecular flexibility index (Phi) is 80.2. The Bertz CT molecular complexity index is 1480. The molecule has 0 amide bonds. The molecule has 0 aliphatic rings. The number of hydrogen-bond acceptors (Lipinski definition) is 8. The Morgan fingerprint density at radius 2 is 0.297 bits per heavy atom. The first-order chi connectivity index (χ1) is 49.4. The van der Waals surface area contributed by atoms with E-state index in [0.717, 1.165) is 25.7 Å². The first-order valence-electron chi connectivity index (χ1n) is 46.0. The average Bonchev–Trinajstić information content (AvgIpc) is 0.861. The molecule has 0 aromatic carbocycles. The van der Waals surface area contributed by atoms with Crippen LogP contribution in [0.5, 0.6) is 0 Å². The Hall–Kier alpha value is -0.440. The highest BCUT2D eigenvalue weighted by molar-refractivity contribution is 7.80. The van der Waals surface area contributed by atoms with Gasteiger partial charge < -0.3 is 18.9 Å². The molecule has 0 saturated heterocycles. The van der Waals surface area contributed by atoms with Crippen LogP contribution in [0.15, 0.2) is 0 Å². The van der Waals surface area contributed by atoms with Crippen molar-refractivity contribution in [3.05, 3.63) is 0 Å². The summed E-state index contributed by atoms with van der Waals surface area (Å²) in [6, 6.07) is 0. The highest BCUT2D eigenvalue weighted by Gasteiger charge is 2.37. The quantitative estimate of drug-likeness (QED) is 0.0441. The standard InChI is InChI=1S/C93H180O4S4/c1-9-13-17-21-25-29-33-37-41-45-49-53-57-61-65-69-73-85(5)77-89(98)94-81-93(82-95-90(99)78-86(6)74-70-66-62-58-54-50-46-42-38-34-30-26-22-18-14-10-2,83-96-91(100)79-87(7)75-71-67-63-59-55-51-47-43-39-35-31-27-23-19-15-11-3)84-97-92(101)80-88(8)76-72-68-64-60-56-52-48-44-40-36-32-28-24-20-16-12-4/h85-88H,9-84H2,1-8H3. The van der Waals surface area contributed by atoms with Gasteiger partial charge in [-0.3, -0.25) is 0 Å². The maximum Gasteiger partial charge on any atom is 0.159 e. The van der Waals surface area contributed by atoms with E-state index in [4.69, 9.17) is 67.8 Å². The van der Waals surface area contributed by atoms with Crippen molar-refractivity contribution in [1.29, 1.82) is 0 Å². The van der Waals surface area contributed by atoms with E-state index >= 15 is 0 Å². The largest absolute Gasteiger partial charge is 0.486 e. The predicted molar refractivity (Wildman–Crippen MR) is 468 cm³/mol. The van der Waals surface area contributed by atoms with Gasteiger partial charge in [-0.15, -0.1) is 0 Å². The van der Waals surface area contributed by atoms with Crippen LogP contribution in [0.1, 0.15) is 518 Å². The highest BCUT2D eigenvalue weighted by atomic mass is 32.1. The van der Waals surface area contributed by atoms with Crippen molar-refractivity contribution in [2.75, 3.05) is 26.4 Å². The summed E-state index contributed by atoms with van der Waals surface area (Å²) < 4.78 is 26.9. The molecule has 0 bridgehead atoms. The maximum absolute atomic E-state index is 6.73. The second kappa shape index (κ2) is 80.6. The molecule has 4 atom stereocenters. The molecule has 4 nitrogen and oxygen atoms in total. The lowest BCUT2D eigenvalue weighted by atomic mass is 9.91. The minimum absolute atomic E-state index is 0.309. The summed E-state index contributed by atoms with van der Waals surface area (Å²) in [5, 5.41) is 2.66.